The zero-order valence-electron chi connectivity index (χ0n) is 12.2. The van der Waals surface area contributed by atoms with Gasteiger partial charge in [-0.1, -0.05) is 0 Å². The first-order valence-corrected chi connectivity index (χ1v) is 6.95. The van der Waals surface area contributed by atoms with Crippen molar-refractivity contribution >= 4 is 11.7 Å². The van der Waals surface area contributed by atoms with Gasteiger partial charge in [0.25, 0.3) is 5.91 Å². The SMILES string of the molecule is Cc1ccc(N2CC(CNC(=O)c3ccnn3C)C2)nn1. The van der Waals surface area contributed by atoms with Gasteiger partial charge < -0.3 is 10.2 Å². The molecule has 1 aliphatic heterocycles. The van der Waals surface area contributed by atoms with Crippen molar-refractivity contribution < 1.29 is 4.79 Å². The van der Waals surface area contributed by atoms with Crippen molar-refractivity contribution in [3.8, 4) is 0 Å². The highest BCUT2D eigenvalue weighted by Crippen LogP contribution is 2.21. The zero-order valence-corrected chi connectivity index (χ0v) is 12.2. The molecule has 2 aromatic heterocycles. The molecule has 0 saturated carbocycles. The molecule has 3 heterocycles. The van der Waals surface area contributed by atoms with Crippen LogP contribution in [0.3, 0.4) is 0 Å². The lowest BCUT2D eigenvalue weighted by molar-refractivity contribution is 0.0935. The van der Waals surface area contributed by atoms with Crippen LogP contribution >= 0.6 is 0 Å². The summed E-state index contributed by atoms with van der Waals surface area (Å²) in [4.78, 5) is 14.1. The van der Waals surface area contributed by atoms with E-state index >= 15 is 0 Å². The monoisotopic (exact) mass is 286 g/mol. The first-order chi connectivity index (χ1) is 10.1. The van der Waals surface area contributed by atoms with E-state index < -0.39 is 0 Å². The Morgan fingerprint density at radius 2 is 2.14 bits per heavy atom. The molecule has 3 rings (SSSR count). The van der Waals surface area contributed by atoms with Crippen LogP contribution in [0.5, 0.6) is 0 Å². The number of carbonyl (C=O) groups excluding carboxylic acids is 1. The summed E-state index contributed by atoms with van der Waals surface area (Å²) in [6.45, 7) is 4.37. The van der Waals surface area contributed by atoms with Crippen molar-refractivity contribution in [1.82, 2.24) is 25.3 Å². The molecule has 0 atom stereocenters. The Morgan fingerprint density at radius 3 is 2.76 bits per heavy atom. The van der Waals surface area contributed by atoms with Gasteiger partial charge in [-0.15, -0.1) is 5.10 Å². The lowest BCUT2D eigenvalue weighted by Crippen LogP contribution is -2.52. The van der Waals surface area contributed by atoms with Gasteiger partial charge in [-0.05, 0) is 25.1 Å². The highest BCUT2D eigenvalue weighted by Gasteiger charge is 2.28. The zero-order chi connectivity index (χ0) is 14.8. The van der Waals surface area contributed by atoms with Crippen LogP contribution in [0.1, 0.15) is 16.2 Å². The molecule has 0 radical (unpaired) electrons. The summed E-state index contributed by atoms with van der Waals surface area (Å²) in [5, 5.41) is 15.1. The Kier molecular flexibility index (Phi) is 3.55. The molecule has 1 fully saturated rings. The molecular formula is C14H18N6O. The molecule has 0 bridgehead atoms. The summed E-state index contributed by atoms with van der Waals surface area (Å²) >= 11 is 0. The predicted molar refractivity (Wildman–Crippen MR) is 78.0 cm³/mol. The summed E-state index contributed by atoms with van der Waals surface area (Å²) in [6.07, 6.45) is 1.62. The van der Waals surface area contributed by atoms with Gasteiger partial charge in [0.1, 0.15) is 5.69 Å². The average Bonchev–Trinajstić information content (AvgIpc) is 2.85. The van der Waals surface area contributed by atoms with Crippen molar-refractivity contribution in [2.75, 3.05) is 24.5 Å². The third-order valence-corrected chi connectivity index (χ3v) is 3.67. The first-order valence-electron chi connectivity index (χ1n) is 6.95. The quantitative estimate of drug-likeness (QED) is 0.879. The Hall–Kier alpha value is -2.44. The van der Waals surface area contributed by atoms with Crippen LogP contribution in [0, 0.1) is 12.8 Å². The molecular weight excluding hydrogens is 268 g/mol. The van der Waals surface area contributed by atoms with Gasteiger partial charge in [-0.3, -0.25) is 9.48 Å². The van der Waals surface area contributed by atoms with Crippen LogP contribution in [-0.2, 0) is 7.05 Å². The number of rotatable bonds is 4. The molecule has 0 aliphatic carbocycles. The van der Waals surface area contributed by atoms with Crippen LogP contribution in [-0.4, -0.2) is 45.5 Å². The number of anilines is 1. The number of carbonyl (C=O) groups is 1. The Balaban J connectivity index is 1.46. The van der Waals surface area contributed by atoms with Crippen molar-refractivity contribution in [3.05, 3.63) is 35.8 Å². The van der Waals surface area contributed by atoms with E-state index in [9.17, 15) is 4.79 Å². The summed E-state index contributed by atoms with van der Waals surface area (Å²) < 4.78 is 1.57. The molecule has 1 aliphatic rings. The standard InChI is InChI=1S/C14H18N6O/c1-10-3-4-13(18-17-10)20-8-11(9-20)7-15-14(21)12-5-6-16-19(12)2/h3-6,11H,7-9H2,1-2H3,(H,15,21). The van der Waals surface area contributed by atoms with Gasteiger partial charge >= 0.3 is 0 Å². The normalized spacial score (nSPS) is 14.9. The number of aromatic nitrogens is 4. The number of nitrogens with one attached hydrogen (secondary N) is 1. The second-order valence-electron chi connectivity index (χ2n) is 5.35. The lowest BCUT2D eigenvalue weighted by atomic mass is 10.0. The third-order valence-electron chi connectivity index (χ3n) is 3.67. The van der Waals surface area contributed by atoms with E-state index in [0.29, 0.717) is 18.2 Å². The van der Waals surface area contributed by atoms with E-state index in [2.05, 4.69) is 25.5 Å². The van der Waals surface area contributed by atoms with Gasteiger partial charge in [-0.2, -0.15) is 10.2 Å². The molecule has 1 N–H and O–H groups in total. The summed E-state index contributed by atoms with van der Waals surface area (Å²) in [6, 6.07) is 5.65. The van der Waals surface area contributed by atoms with E-state index in [-0.39, 0.29) is 5.91 Å². The minimum atomic E-state index is -0.0800. The maximum atomic E-state index is 12.0. The number of amides is 1. The van der Waals surface area contributed by atoms with Crippen molar-refractivity contribution in [2.24, 2.45) is 13.0 Å². The number of nitrogens with zero attached hydrogens (tertiary/aromatic N) is 5. The molecule has 21 heavy (non-hydrogen) atoms. The van der Waals surface area contributed by atoms with Crippen molar-refractivity contribution in [2.45, 2.75) is 6.92 Å². The molecule has 7 heteroatoms. The molecule has 0 aromatic carbocycles. The van der Waals surface area contributed by atoms with Gasteiger partial charge in [0.2, 0.25) is 0 Å². The molecule has 1 saturated heterocycles. The Morgan fingerprint density at radius 1 is 1.33 bits per heavy atom. The van der Waals surface area contributed by atoms with Crippen LogP contribution in [0.25, 0.3) is 0 Å². The minimum absolute atomic E-state index is 0.0800. The Labute approximate surface area is 123 Å². The maximum absolute atomic E-state index is 12.0. The van der Waals surface area contributed by atoms with E-state index in [0.717, 1.165) is 24.6 Å². The largest absolute Gasteiger partial charge is 0.354 e. The van der Waals surface area contributed by atoms with Crippen molar-refractivity contribution in [1.29, 1.82) is 0 Å². The van der Waals surface area contributed by atoms with E-state index in [1.54, 1.807) is 24.0 Å². The van der Waals surface area contributed by atoms with Crippen LogP contribution in [0.15, 0.2) is 24.4 Å². The number of hydrogen-bond donors (Lipinski definition) is 1. The second kappa shape index (κ2) is 5.51. The summed E-state index contributed by atoms with van der Waals surface area (Å²) in [7, 11) is 1.76. The molecule has 0 unspecified atom stereocenters. The van der Waals surface area contributed by atoms with Crippen molar-refractivity contribution in [3.63, 3.8) is 0 Å². The first kappa shape index (κ1) is 13.5. The van der Waals surface area contributed by atoms with E-state index in [4.69, 9.17) is 0 Å². The molecule has 110 valence electrons. The molecule has 7 nitrogen and oxygen atoms in total. The van der Waals surface area contributed by atoms with Crippen LogP contribution in [0.2, 0.25) is 0 Å². The maximum Gasteiger partial charge on any atom is 0.269 e. The van der Waals surface area contributed by atoms with Crippen LogP contribution in [0.4, 0.5) is 5.82 Å². The van der Waals surface area contributed by atoms with Gasteiger partial charge in [-0.25, -0.2) is 0 Å². The molecule has 1 amide bonds. The fourth-order valence-electron chi connectivity index (χ4n) is 2.37. The highest BCUT2D eigenvalue weighted by molar-refractivity contribution is 5.92. The smallest absolute Gasteiger partial charge is 0.269 e. The minimum Gasteiger partial charge on any atom is -0.354 e. The number of hydrogen-bond acceptors (Lipinski definition) is 5. The molecule has 0 spiro atoms. The van der Waals surface area contributed by atoms with Gasteiger partial charge in [0.15, 0.2) is 5.82 Å². The second-order valence-corrected chi connectivity index (χ2v) is 5.35. The predicted octanol–water partition coefficient (Wildman–Crippen LogP) is 0.385. The Bertz CT molecular complexity index is 629. The van der Waals surface area contributed by atoms with E-state index in [1.165, 1.54) is 0 Å². The average molecular weight is 286 g/mol. The fraction of sp³-hybridized carbons (Fsp3) is 0.429. The van der Waals surface area contributed by atoms with Crippen LogP contribution < -0.4 is 10.2 Å². The third kappa shape index (κ3) is 2.86. The summed E-state index contributed by atoms with van der Waals surface area (Å²) in [5.41, 5.74) is 1.50. The topological polar surface area (TPSA) is 75.9 Å². The molecule has 2 aromatic rings. The summed E-state index contributed by atoms with van der Waals surface area (Å²) in [5.74, 6) is 1.27. The lowest BCUT2D eigenvalue weighted by Gasteiger charge is -2.39. The number of aryl methyl sites for hydroxylation is 2. The highest BCUT2D eigenvalue weighted by atomic mass is 16.2. The van der Waals surface area contributed by atoms with Gasteiger partial charge in [0.05, 0.1) is 5.69 Å². The fourth-order valence-corrected chi connectivity index (χ4v) is 2.37. The van der Waals surface area contributed by atoms with Gasteiger partial charge in [0, 0.05) is 38.8 Å². The van der Waals surface area contributed by atoms with E-state index in [1.807, 2.05) is 19.1 Å².